The lowest BCUT2D eigenvalue weighted by atomic mass is 9.85. The fourth-order valence-electron chi connectivity index (χ4n) is 2.09. The van der Waals surface area contributed by atoms with Gasteiger partial charge in [-0.15, -0.1) is 0 Å². The molecule has 1 aliphatic carbocycles. The van der Waals surface area contributed by atoms with Gasteiger partial charge in [0.25, 0.3) is 0 Å². The van der Waals surface area contributed by atoms with E-state index in [0.717, 1.165) is 23.7 Å². The summed E-state index contributed by atoms with van der Waals surface area (Å²) in [7, 11) is 0. The fourth-order valence-corrected chi connectivity index (χ4v) is 2.09. The summed E-state index contributed by atoms with van der Waals surface area (Å²) >= 11 is 0. The zero-order valence-electron chi connectivity index (χ0n) is 9.58. The summed E-state index contributed by atoms with van der Waals surface area (Å²) in [6.45, 7) is 1.01. The summed E-state index contributed by atoms with van der Waals surface area (Å²) in [5.74, 6) is 0.992. The highest BCUT2D eigenvalue weighted by Crippen LogP contribution is 2.28. The molecule has 1 saturated carbocycles. The number of nitrogens with zero attached hydrogens (tertiary/aromatic N) is 3. The van der Waals surface area contributed by atoms with Crippen LogP contribution < -0.4 is 0 Å². The normalized spacial score (nSPS) is 15.8. The number of hydrogen-bond acceptors (Lipinski definition) is 3. The van der Waals surface area contributed by atoms with Gasteiger partial charge in [-0.05, 0) is 30.9 Å². The van der Waals surface area contributed by atoms with Gasteiger partial charge in [0.2, 0.25) is 0 Å². The Morgan fingerprint density at radius 3 is 2.82 bits per heavy atom. The van der Waals surface area contributed by atoms with Gasteiger partial charge in [-0.1, -0.05) is 6.42 Å². The predicted octanol–water partition coefficient (Wildman–Crippen LogP) is 2.45. The minimum Gasteiger partial charge on any atom is -0.506 e. The minimum absolute atomic E-state index is 0.190. The number of aromatic hydroxyl groups is 1. The maximum absolute atomic E-state index is 9.18. The molecule has 0 bridgehead atoms. The molecule has 4 nitrogen and oxygen atoms in total. The molecule has 2 heterocycles. The topological polar surface area (TPSA) is 50.9 Å². The van der Waals surface area contributed by atoms with Crippen LogP contribution in [0.25, 0.3) is 11.3 Å². The summed E-state index contributed by atoms with van der Waals surface area (Å²) in [6, 6.07) is 3.45. The fraction of sp³-hybridized carbons (Fsp3) is 0.385. The van der Waals surface area contributed by atoms with E-state index in [1.54, 1.807) is 12.1 Å². The highest BCUT2D eigenvalue weighted by Gasteiger charge is 2.18. The first kappa shape index (κ1) is 10.3. The molecule has 0 aliphatic heterocycles. The van der Waals surface area contributed by atoms with Crippen molar-refractivity contribution in [2.24, 2.45) is 5.92 Å². The lowest BCUT2D eigenvalue weighted by Gasteiger charge is -2.24. The molecule has 1 N–H and O–H groups in total. The van der Waals surface area contributed by atoms with E-state index in [-0.39, 0.29) is 5.75 Å². The lowest BCUT2D eigenvalue weighted by molar-refractivity contribution is 0.266. The van der Waals surface area contributed by atoms with Crippen LogP contribution in [0.15, 0.2) is 30.7 Å². The molecule has 88 valence electrons. The predicted molar refractivity (Wildman–Crippen MR) is 64.5 cm³/mol. The Morgan fingerprint density at radius 2 is 2.18 bits per heavy atom. The van der Waals surface area contributed by atoms with E-state index in [2.05, 4.69) is 10.1 Å². The second-order valence-corrected chi connectivity index (χ2v) is 4.65. The van der Waals surface area contributed by atoms with Crippen LogP contribution in [-0.2, 0) is 6.54 Å². The van der Waals surface area contributed by atoms with Gasteiger partial charge in [0.15, 0.2) is 0 Å². The van der Waals surface area contributed by atoms with Crippen LogP contribution in [-0.4, -0.2) is 19.9 Å². The molecule has 4 heteroatoms. The molecule has 2 aromatic rings. The second-order valence-electron chi connectivity index (χ2n) is 4.65. The van der Waals surface area contributed by atoms with Crippen molar-refractivity contribution in [3.05, 3.63) is 30.7 Å². The molecule has 0 amide bonds. The molecule has 0 saturated heterocycles. The van der Waals surface area contributed by atoms with Crippen molar-refractivity contribution in [1.29, 1.82) is 0 Å². The van der Waals surface area contributed by atoms with Gasteiger partial charge in [-0.3, -0.25) is 9.67 Å². The Kier molecular flexibility index (Phi) is 2.55. The average molecular weight is 229 g/mol. The van der Waals surface area contributed by atoms with E-state index in [1.807, 2.05) is 17.1 Å². The van der Waals surface area contributed by atoms with Gasteiger partial charge in [0.1, 0.15) is 5.75 Å². The highest BCUT2D eigenvalue weighted by molar-refractivity contribution is 5.57. The second kappa shape index (κ2) is 4.20. The molecule has 0 aromatic carbocycles. The Balaban J connectivity index is 1.76. The zero-order valence-corrected chi connectivity index (χ0v) is 9.58. The molecule has 1 fully saturated rings. The van der Waals surface area contributed by atoms with Crippen molar-refractivity contribution in [2.45, 2.75) is 25.8 Å². The third-order valence-electron chi connectivity index (χ3n) is 3.35. The molecule has 0 unspecified atom stereocenters. The Hall–Kier alpha value is -1.84. The van der Waals surface area contributed by atoms with Gasteiger partial charge >= 0.3 is 0 Å². The first-order chi connectivity index (χ1) is 8.31. The highest BCUT2D eigenvalue weighted by atomic mass is 16.3. The van der Waals surface area contributed by atoms with Crippen LogP contribution in [0.3, 0.4) is 0 Å². The monoisotopic (exact) mass is 229 g/mol. The summed E-state index contributed by atoms with van der Waals surface area (Å²) in [5, 5.41) is 13.5. The number of pyridine rings is 1. The van der Waals surface area contributed by atoms with Crippen molar-refractivity contribution in [1.82, 2.24) is 14.8 Å². The van der Waals surface area contributed by atoms with Crippen molar-refractivity contribution in [3.8, 4) is 17.0 Å². The van der Waals surface area contributed by atoms with Gasteiger partial charge in [-0.25, -0.2) is 0 Å². The molecule has 0 atom stereocenters. The van der Waals surface area contributed by atoms with Crippen LogP contribution in [0.1, 0.15) is 19.3 Å². The van der Waals surface area contributed by atoms with Crippen LogP contribution >= 0.6 is 0 Å². The van der Waals surface area contributed by atoms with Crippen molar-refractivity contribution in [3.63, 3.8) is 0 Å². The summed E-state index contributed by atoms with van der Waals surface area (Å²) in [6.07, 6.45) is 9.33. The molecule has 17 heavy (non-hydrogen) atoms. The molecule has 0 spiro atoms. The van der Waals surface area contributed by atoms with E-state index in [4.69, 9.17) is 0 Å². The number of aromatic nitrogens is 3. The van der Waals surface area contributed by atoms with Crippen molar-refractivity contribution >= 4 is 0 Å². The largest absolute Gasteiger partial charge is 0.506 e. The third kappa shape index (κ3) is 2.16. The van der Waals surface area contributed by atoms with E-state index >= 15 is 0 Å². The van der Waals surface area contributed by atoms with E-state index in [0.29, 0.717) is 0 Å². The smallest absolute Gasteiger partial charge is 0.133 e. The van der Waals surface area contributed by atoms with Crippen LogP contribution in [0.4, 0.5) is 0 Å². The molecule has 2 aromatic heterocycles. The van der Waals surface area contributed by atoms with Gasteiger partial charge < -0.3 is 5.11 Å². The third-order valence-corrected chi connectivity index (χ3v) is 3.35. The van der Waals surface area contributed by atoms with E-state index in [9.17, 15) is 5.11 Å². The lowest BCUT2D eigenvalue weighted by Crippen LogP contribution is -2.18. The van der Waals surface area contributed by atoms with Gasteiger partial charge in [0, 0.05) is 18.3 Å². The first-order valence-corrected chi connectivity index (χ1v) is 5.99. The van der Waals surface area contributed by atoms with Crippen LogP contribution in [0.2, 0.25) is 0 Å². The van der Waals surface area contributed by atoms with Crippen molar-refractivity contribution in [2.75, 3.05) is 0 Å². The number of rotatable bonds is 3. The SMILES string of the molecule is Oc1ccc(-c2cnn(CC3CCC3)c2)nc1. The summed E-state index contributed by atoms with van der Waals surface area (Å²) < 4.78 is 1.99. The Morgan fingerprint density at radius 1 is 1.29 bits per heavy atom. The zero-order chi connectivity index (χ0) is 11.7. The molecule has 1 aliphatic rings. The Bertz CT molecular complexity index is 500. The minimum atomic E-state index is 0.190. The number of hydrogen-bond donors (Lipinski definition) is 1. The van der Waals surface area contributed by atoms with Crippen molar-refractivity contribution < 1.29 is 5.11 Å². The maximum atomic E-state index is 9.18. The summed E-state index contributed by atoms with van der Waals surface area (Å²) in [5.41, 5.74) is 1.85. The maximum Gasteiger partial charge on any atom is 0.133 e. The summed E-state index contributed by atoms with van der Waals surface area (Å²) in [4.78, 5) is 4.17. The average Bonchev–Trinajstić information content (AvgIpc) is 2.73. The standard InChI is InChI=1S/C13H15N3O/c17-12-4-5-13(14-7-12)11-6-15-16(9-11)8-10-2-1-3-10/h4-7,9-10,17H,1-3,8H2. The quantitative estimate of drug-likeness (QED) is 0.879. The van der Waals surface area contributed by atoms with Gasteiger partial charge in [-0.2, -0.15) is 5.10 Å². The first-order valence-electron chi connectivity index (χ1n) is 5.99. The van der Waals surface area contributed by atoms with E-state index < -0.39 is 0 Å². The van der Waals surface area contributed by atoms with Crippen LogP contribution in [0, 0.1) is 5.92 Å². The molecular formula is C13H15N3O. The molecule has 3 rings (SSSR count). The van der Waals surface area contributed by atoms with Gasteiger partial charge in [0.05, 0.1) is 18.1 Å². The molecule has 0 radical (unpaired) electrons. The Labute approximate surface area is 99.9 Å². The molecular weight excluding hydrogens is 214 g/mol. The van der Waals surface area contributed by atoms with Crippen LogP contribution in [0.5, 0.6) is 5.75 Å². The van der Waals surface area contributed by atoms with E-state index in [1.165, 1.54) is 25.5 Å².